The van der Waals surface area contributed by atoms with Crippen molar-refractivity contribution in [2.24, 2.45) is 5.73 Å². The van der Waals surface area contributed by atoms with E-state index in [0.717, 1.165) is 12.8 Å². The van der Waals surface area contributed by atoms with E-state index in [1.54, 1.807) is 6.92 Å². The minimum absolute atomic E-state index is 0.148. The molecule has 0 aliphatic rings. The maximum atomic E-state index is 10.8. The molecule has 0 bridgehead atoms. The molecule has 78 valence electrons. The number of nitrogens with two attached hydrogens (primary N) is 1. The van der Waals surface area contributed by atoms with Crippen LogP contribution in [0.3, 0.4) is 0 Å². The van der Waals surface area contributed by atoms with Crippen molar-refractivity contribution < 1.29 is 14.3 Å². The van der Waals surface area contributed by atoms with Crippen LogP contribution in [0.2, 0.25) is 0 Å². The van der Waals surface area contributed by atoms with Crippen LogP contribution >= 0.6 is 0 Å². The molecule has 13 heavy (non-hydrogen) atoms. The van der Waals surface area contributed by atoms with Gasteiger partial charge in [0.2, 0.25) is 0 Å². The summed E-state index contributed by atoms with van der Waals surface area (Å²) in [4.78, 5) is 10.8. The Hall–Kier alpha value is -0.610. The summed E-state index contributed by atoms with van der Waals surface area (Å²) in [5.41, 5.74) is 5.28. The summed E-state index contributed by atoms with van der Waals surface area (Å²) in [6.45, 7) is 4.19. The van der Waals surface area contributed by atoms with E-state index in [2.05, 4.69) is 0 Å². The predicted octanol–water partition coefficient (Wildman–Crippen LogP) is 0.695. The van der Waals surface area contributed by atoms with E-state index in [9.17, 15) is 4.79 Å². The second-order valence-electron chi connectivity index (χ2n) is 2.66. The summed E-state index contributed by atoms with van der Waals surface area (Å²) in [5.74, 6) is -0.148. The quantitative estimate of drug-likeness (QED) is 0.451. The highest BCUT2D eigenvalue weighted by atomic mass is 16.5. The highest BCUT2D eigenvalue weighted by molar-refractivity contribution is 5.69. The molecule has 0 amide bonds. The largest absolute Gasteiger partial charge is 0.466 e. The third-order valence-electron chi connectivity index (χ3n) is 1.47. The lowest BCUT2D eigenvalue weighted by Crippen LogP contribution is -2.08. The molecule has 0 aromatic carbocycles. The van der Waals surface area contributed by atoms with Crippen LogP contribution in [0, 0.1) is 0 Å². The Labute approximate surface area is 79.4 Å². The average molecular weight is 189 g/mol. The SMILES string of the molecule is CCOC(=O)CCCOCCCN. The zero-order valence-electron chi connectivity index (χ0n) is 8.25. The third kappa shape index (κ3) is 9.30. The van der Waals surface area contributed by atoms with Gasteiger partial charge in [-0.25, -0.2) is 0 Å². The summed E-state index contributed by atoms with van der Waals surface area (Å²) < 4.78 is 9.97. The monoisotopic (exact) mass is 189 g/mol. The Morgan fingerprint density at radius 3 is 2.62 bits per heavy atom. The first-order chi connectivity index (χ1) is 6.31. The van der Waals surface area contributed by atoms with Crippen LogP contribution in [0.4, 0.5) is 0 Å². The molecule has 0 radical (unpaired) electrons. The van der Waals surface area contributed by atoms with Crippen molar-refractivity contribution in [2.75, 3.05) is 26.4 Å². The molecule has 0 aromatic heterocycles. The van der Waals surface area contributed by atoms with E-state index in [1.165, 1.54) is 0 Å². The van der Waals surface area contributed by atoms with Gasteiger partial charge in [-0.3, -0.25) is 4.79 Å². The Morgan fingerprint density at radius 2 is 2.00 bits per heavy atom. The first-order valence-corrected chi connectivity index (χ1v) is 4.74. The topological polar surface area (TPSA) is 61.5 Å². The number of rotatable bonds is 8. The summed E-state index contributed by atoms with van der Waals surface area (Å²) in [6.07, 6.45) is 2.04. The van der Waals surface area contributed by atoms with Gasteiger partial charge in [0.25, 0.3) is 0 Å². The zero-order chi connectivity index (χ0) is 9.94. The van der Waals surface area contributed by atoms with E-state index >= 15 is 0 Å². The molecule has 4 nitrogen and oxygen atoms in total. The van der Waals surface area contributed by atoms with Crippen LogP contribution in [-0.4, -0.2) is 32.3 Å². The van der Waals surface area contributed by atoms with Crippen molar-refractivity contribution in [3.05, 3.63) is 0 Å². The van der Waals surface area contributed by atoms with Crippen LogP contribution < -0.4 is 5.73 Å². The molecular weight excluding hydrogens is 170 g/mol. The summed E-state index contributed by atoms with van der Waals surface area (Å²) >= 11 is 0. The molecule has 0 unspecified atom stereocenters. The number of carbonyl (C=O) groups excluding carboxylic acids is 1. The molecule has 0 fully saturated rings. The van der Waals surface area contributed by atoms with Crippen molar-refractivity contribution in [3.8, 4) is 0 Å². The van der Waals surface area contributed by atoms with E-state index in [0.29, 0.717) is 32.8 Å². The lowest BCUT2D eigenvalue weighted by molar-refractivity contribution is -0.143. The minimum atomic E-state index is -0.148. The van der Waals surface area contributed by atoms with Gasteiger partial charge in [0.1, 0.15) is 0 Å². The molecule has 4 heteroatoms. The third-order valence-corrected chi connectivity index (χ3v) is 1.47. The zero-order valence-corrected chi connectivity index (χ0v) is 8.25. The van der Waals surface area contributed by atoms with Crippen molar-refractivity contribution in [2.45, 2.75) is 26.2 Å². The van der Waals surface area contributed by atoms with Crippen molar-refractivity contribution in [1.29, 1.82) is 0 Å². The molecule has 2 N–H and O–H groups in total. The molecule has 0 aromatic rings. The fourth-order valence-electron chi connectivity index (χ4n) is 0.839. The molecular formula is C9H19NO3. The number of hydrogen-bond donors (Lipinski definition) is 1. The van der Waals surface area contributed by atoms with Gasteiger partial charge in [-0.15, -0.1) is 0 Å². The van der Waals surface area contributed by atoms with Crippen molar-refractivity contribution in [3.63, 3.8) is 0 Å². The molecule has 0 saturated carbocycles. The van der Waals surface area contributed by atoms with Gasteiger partial charge in [0.05, 0.1) is 6.61 Å². The molecule has 0 aliphatic carbocycles. The van der Waals surface area contributed by atoms with Gasteiger partial charge in [-0.05, 0) is 26.3 Å². The Morgan fingerprint density at radius 1 is 1.31 bits per heavy atom. The molecule has 0 heterocycles. The number of esters is 1. The lowest BCUT2D eigenvalue weighted by Gasteiger charge is -2.03. The molecule has 0 spiro atoms. The van der Waals surface area contributed by atoms with Gasteiger partial charge in [-0.1, -0.05) is 0 Å². The molecule has 0 saturated heterocycles. The maximum absolute atomic E-state index is 10.8. The van der Waals surface area contributed by atoms with Gasteiger partial charge < -0.3 is 15.2 Å². The fraction of sp³-hybridized carbons (Fsp3) is 0.889. The van der Waals surface area contributed by atoms with Gasteiger partial charge in [-0.2, -0.15) is 0 Å². The Balaban J connectivity index is 3.02. The Kier molecular flexibility index (Phi) is 9.03. The number of hydrogen-bond acceptors (Lipinski definition) is 4. The normalized spacial score (nSPS) is 10.0. The molecule has 0 aliphatic heterocycles. The smallest absolute Gasteiger partial charge is 0.305 e. The fourth-order valence-corrected chi connectivity index (χ4v) is 0.839. The molecule has 0 atom stereocenters. The van der Waals surface area contributed by atoms with Crippen LogP contribution in [0.15, 0.2) is 0 Å². The number of carbonyl (C=O) groups is 1. The average Bonchev–Trinajstić information content (AvgIpc) is 2.11. The van der Waals surface area contributed by atoms with E-state index in [1.807, 2.05) is 0 Å². The highest BCUT2D eigenvalue weighted by Crippen LogP contribution is 1.94. The first kappa shape index (κ1) is 12.4. The molecule has 0 rings (SSSR count). The summed E-state index contributed by atoms with van der Waals surface area (Å²) in [5, 5.41) is 0. The first-order valence-electron chi connectivity index (χ1n) is 4.74. The second kappa shape index (κ2) is 9.48. The minimum Gasteiger partial charge on any atom is -0.466 e. The predicted molar refractivity (Wildman–Crippen MR) is 50.4 cm³/mol. The summed E-state index contributed by atoms with van der Waals surface area (Å²) in [7, 11) is 0. The standard InChI is InChI=1S/C9H19NO3/c1-2-13-9(11)5-3-7-12-8-4-6-10/h2-8,10H2,1H3. The summed E-state index contributed by atoms with van der Waals surface area (Å²) in [6, 6.07) is 0. The second-order valence-corrected chi connectivity index (χ2v) is 2.66. The van der Waals surface area contributed by atoms with E-state index < -0.39 is 0 Å². The van der Waals surface area contributed by atoms with Crippen LogP contribution in [0.25, 0.3) is 0 Å². The van der Waals surface area contributed by atoms with Crippen LogP contribution in [0.5, 0.6) is 0 Å². The Bertz CT molecular complexity index is 128. The highest BCUT2D eigenvalue weighted by Gasteiger charge is 1.99. The van der Waals surface area contributed by atoms with E-state index in [-0.39, 0.29) is 5.97 Å². The van der Waals surface area contributed by atoms with Crippen molar-refractivity contribution >= 4 is 5.97 Å². The van der Waals surface area contributed by atoms with Crippen LogP contribution in [0.1, 0.15) is 26.2 Å². The van der Waals surface area contributed by atoms with E-state index in [4.69, 9.17) is 15.2 Å². The van der Waals surface area contributed by atoms with Crippen LogP contribution in [-0.2, 0) is 14.3 Å². The van der Waals surface area contributed by atoms with Crippen molar-refractivity contribution in [1.82, 2.24) is 0 Å². The maximum Gasteiger partial charge on any atom is 0.305 e. The van der Waals surface area contributed by atoms with Gasteiger partial charge in [0.15, 0.2) is 0 Å². The number of ether oxygens (including phenoxy) is 2. The van der Waals surface area contributed by atoms with Gasteiger partial charge in [0, 0.05) is 19.6 Å². The lowest BCUT2D eigenvalue weighted by atomic mass is 10.3. The van der Waals surface area contributed by atoms with Gasteiger partial charge >= 0.3 is 5.97 Å².